The lowest BCUT2D eigenvalue weighted by Gasteiger charge is -2.31. The minimum absolute atomic E-state index is 0.0502. The number of aliphatic hydroxyl groups is 1. The molecule has 3 rings (SSSR count). The normalized spacial score (nSPS) is 12.8. The van der Waals surface area contributed by atoms with Crippen molar-refractivity contribution in [3.05, 3.63) is 102 Å². The summed E-state index contributed by atoms with van der Waals surface area (Å²) in [5.74, 6) is 0.0787. The van der Waals surface area contributed by atoms with Gasteiger partial charge in [0.25, 0.3) is 0 Å². The summed E-state index contributed by atoms with van der Waals surface area (Å²) in [5.41, 5.74) is 4.40. The number of nitrogens with one attached hydrogen (secondary N) is 2. The first kappa shape index (κ1) is 29.5. The molecule has 208 valence electrons. The molecule has 0 bridgehead atoms. The summed E-state index contributed by atoms with van der Waals surface area (Å²) in [5, 5.41) is 25.5. The van der Waals surface area contributed by atoms with Crippen LogP contribution in [0.4, 0.5) is 9.59 Å². The number of benzene rings is 3. The SMILES string of the molecule is CC(C)(C)OC(=O)NN(Cc1cccc(O)c1)CC(O)C(Cc1ccccc1)NC(=O)OCc1ccccc1. The van der Waals surface area contributed by atoms with E-state index in [0.29, 0.717) is 12.0 Å². The predicted molar refractivity (Wildman–Crippen MR) is 148 cm³/mol. The van der Waals surface area contributed by atoms with Crippen LogP contribution >= 0.6 is 0 Å². The molecule has 4 N–H and O–H groups in total. The number of nitrogens with zero attached hydrogens (tertiary/aromatic N) is 1. The van der Waals surface area contributed by atoms with E-state index in [2.05, 4.69) is 10.7 Å². The van der Waals surface area contributed by atoms with Crippen molar-refractivity contribution in [2.75, 3.05) is 6.54 Å². The number of hydrogen-bond donors (Lipinski definition) is 4. The summed E-state index contributed by atoms with van der Waals surface area (Å²) in [7, 11) is 0. The van der Waals surface area contributed by atoms with E-state index in [0.717, 1.165) is 11.1 Å². The van der Waals surface area contributed by atoms with Crippen molar-refractivity contribution in [2.24, 2.45) is 0 Å². The van der Waals surface area contributed by atoms with Crippen molar-refractivity contribution in [3.63, 3.8) is 0 Å². The van der Waals surface area contributed by atoms with Gasteiger partial charge in [-0.15, -0.1) is 0 Å². The van der Waals surface area contributed by atoms with Crippen LogP contribution in [0.3, 0.4) is 0 Å². The Morgan fingerprint density at radius 2 is 1.49 bits per heavy atom. The molecule has 0 aliphatic heterocycles. The largest absolute Gasteiger partial charge is 0.508 e. The third kappa shape index (κ3) is 11.1. The number of rotatable bonds is 11. The molecule has 0 spiro atoms. The second kappa shape index (κ2) is 14.2. The van der Waals surface area contributed by atoms with Crippen molar-refractivity contribution >= 4 is 12.2 Å². The fraction of sp³-hybridized carbons (Fsp3) is 0.333. The smallest absolute Gasteiger partial charge is 0.422 e. The summed E-state index contributed by atoms with van der Waals surface area (Å²) in [6, 6.07) is 24.6. The average molecular weight is 536 g/mol. The standard InChI is InChI=1S/C30H37N3O6/c1-30(2,3)39-29(37)32-33(19-24-15-10-16-25(34)17-24)20-27(35)26(18-22-11-6-4-7-12-22)31-28(36)38-21-23-13-8-5-9-14-23/h4-17,26-27,34-35H,18-21H2,1-3H3,(H,31,36)(H,32,37). The summed E-state index contributed by atoms with van der Waals surface area (Å²) in [6.07, 6.45) is -2.14. The van der Waals surface area contributed by atoms with Crippen molar-refractivity contribution in [1.29, 1.82) is 0 Å². The summed E-state index contributed by atoms with van der Waals surface area (Å²) in [6.45, 7) is 5.46. The molecule has 2 atom stereocenters. The van der Waals surface area contributed by atoms with E-state index in [1.807, 2.05) is 60.7 Å². The van der Waals surface area contributed by atoms with Gasteiger partial charge in [0.1, 0.15) is 18.0 Å². The molecule has 3 aromatic carbocycles. The van der Waals surface area contributed by atoms with Crippen molar-refractivity contribution in [2.45, 2.75) is 58.1 Å². The number of aromatic hydroxyl groups is 1. The first-order valence-corrected chi connectivity index (χ1v) is 12.8. The third-order valence-electron chi connectivity index (χ3n) is 5.62. The first-order chi connectivity index (χ1) is 18.6. The molecule has 2 unspecified atom stereocenters. The zero-order valence-electron chi connectivity index (χ0n) is 22.5. The molecule has 2 amide bonds. The Hall–Kier alpha value is -4.08. The molecule has 0 saturated heterocycles. The van der Waals surface area contributed by atoms with Crippen molar-refractivity contribution in [3.8, 4) is 5.75 Å². The topological polar surface area (TPSA) is 120 Å². The zero-order valence-corrected chi connectivity index (χ0v) is 22.5. The second-order valence-electron chi connectivity index (χ2n) is 10.2. The highest BCUT2D eigenvalue weighted by Crippen LogP contribution is 2.15. The molecule has 9 heteroatoms. The number of carbonyl (C=O) groups is 2. The van der Waals surface area contributed by atoms with E-state index < -0.39 is 29.9 Å². The van der Waals surface area contributed by atoms with Gasteiger partial charge < -0.3 is 25.0 Å². The number of phenols is 1. The van der Waals surface area contributed by atoms with Gasteiger partial charge in [0, 0.05) is 13.1 Å². The van der Waals surface area contributed by atoms with E-state index in [1.54, 1.807) is 45.0 Å². The molecule has 3 aromatic rings. The summed E-state index contributed by atoms with van der Waals surface area (Å²) >= 11 is 0. The van der Waals surface area contributed by atoms with Gasteiger partial charge in [-0.1, -0.05) is 72.8 Å². The molecular weight excluding hydrogens is 498 g/mol. The summed E-state index contributed by atoms with van der Waals surface area (Å²) < 4.78 is 10.8. The van der Waals surface area contributed by atoms with Crippen LogP contribution in [0.5, 0.6) is 5.75 Å². The quantitative estimate of drug-likeness (QED) is 0.266. The van der Waals surface area contributed by atoms with Crippen LogP contribution in [-0.2, 0) is 29.0 Å². The van der Waals surface area contributed by atoms with Crippen LogP contribution in [0.1, 0.15) is 37.5 Å². The van der Waals surface area contributed by atoms with Crippen molar-refractivity contribution in [1.82, 2.24) is 15.8 Å². The highest BCUT2D eigenvalue weighted by Gasteiger charge is 2.27. The molecule has 0 fully saturated rings. The lowest BCUT2D eigenvalue weighted by molar-refractivity contribution is 0.0141. The Balaban J connectivity index is 1.74. The van der Waals surface area contributed by atoms with Crippen LogP contribution in [0, 0.1) is 0 Å². The fourth-order valence-electron chi connectivity index (χ4n) is 3.88. The first-order valence-electron chi connectivity index (χ1n) is 12.8. The lowest BCUT2D eigenvalue weighted by Crippen LogP contribution is -2.53. The Labute approximate surface area is 229 Å². The van der Waals surface area contributed by atoms with Gasteiger partial charge in [0.15, 0.2) is 0 Å². The molecule has 0 aromatic heterocycles. The van der Waals surface area contributed by atoms with Crippen LogP contribution in [-0.4, -0.2) is 51.7 Å². The number of ether oxygens (including phenoxy) is 2. The molecule has 9 nitrogen and oxygen atoms in total. The molecule has 0 aliphatic rings. The van der Waals surface area contributed by atoms with E-state index in [4.69, 9.17) is 9.47 Å². The van der Waals surface area contributed by atoms with Gasteiger partial charge in [-0.05, 0) is 56.0 Å². The molecule has 0 saturated carbocycles. The maximum absolute atomic E-state index is 12.7. The molecule has 0 radical (unpaired) electrons. The number of phenolic OH excluding ortho intramolecular Hbond substituents is 1. The minimum atomic E-state index is -1.11. The Morgan fingerprint density at radius 1 is 0.872 bits per heavy atom. The monoisotopic (exact) mass is 535 g/mol. The predicted octanol–water partition coefficient (Wildman–Crippen LogP) is 4.53. The van der Waals surface area contributed by atoms with Crippen LogP contribution < -0.4 is 10.7 Å². The fourth-order valence-corrected chi connectivity index (χ4v) is 3.88. The number of hydrazine groups is 1. The number of alkyl carbamates (subject to hydrolysis) is 1. The number of carbonyl (C=O) groups excluding carboxylic acids is 2. The number of hydrogen-bond acceptors (Lipinski definition) is 7. The van der Waals surface area contributed by atoms with Gasteiger partial charge in [-0.25, -0.2) is 14.6 Å². The maximum atomic E-state index is 12.7. The molecule has 0 heterocycles. The van der Waals surface area contributed by atoms with E-state index >= 15 is 0 Å². The van der Waals surface area contributed by atoms with Crippen LogP contribution in [0.25, 0.3) is 0 Å². The van der Waals surface area contributed by atoms with Crippen LogP contribution in [0.15, 0.2) is 84.9 Å². The third-order valence-corrected chi connectivity index (χ3v) is 5.62. The maximum Gasteiger partial charge on any atom is 0.422 e. The van der Waals surface area contributed by atoms with Gasteiger partial charge in [0.05, 0.1) is 12.1 Å². The van der Waals surface area contributed by atoms with E-state index in [1.165, 1.54) is 5.01 Å². The Kier molecular flexibility index (Phi) is 10.7. The highest BCUT2D eigenvalue weighted by molar-refractivity contribution is 5.68. The molecule has 0 aliphatic carbocycles. The average Bonchev–Trinajstić information content (AvgIpc) is 2.87. The van der Waals surface area contributed by atoms with Gasteiger partial charge in [-0.2, -0.15) is 0 Å². The van der Waals surface area contributed by atoms with E-state index in [-0.39, 0.29) is 25.4 Å². The molecule has 39 heavy (non-hydrogen) atoms. The van der Waals surface area contributed by atoms with Gasteiger partial charge in [0.2, 0.25) is 0 Å². The second-order valence-corrected chi connectivity index (χ2v) is 10.2. The summed E-state index contributed by atoms with van der Waals surface area (Å²) in [4.78, 5) is 25.3. The Bertz CT molecular complexity index is 1180. The highest BCUT2D eigenvalue weighted by atomic mass is 16.6. The van der Waals surface area contributed by atoms with Gasteiger partial charge >= 0.3 is 12.2 Å². The Morgan fingerprint density at radius 3 is 2.10 bits per heavy atom. The minimum Gasteiger partial charge on any atom is -0.508 e. The zero-order chi connectivity index (χ0) is 28.3. The molecular formula is C30H37N3O6. The van der Waals surface area contributed by atoms with Crippen LogP contribution in [0.2, 0.25) is 0 Å². The number of aliphatic hydroxyl groups excluding tert-OH is 1. The van der Waals surface area contributed by atoms with E-state index in [9.17, 15) is 19.8 Å². The van der Waals surface area contributed by atoms with Crippen molar-refractivity contribution < 1.29 is 29.3 Å². The van der Waals surface area contributed by atoms with Gasteiger partial charge in [-0.3, -0.25) is 5.43 Å². The number of amides is 2. The lowest BCUT2D eigenvalue weighted by atomic mass is 10.0.